The van der Waals surface area contributed by atoms with E-state index in [2.05, 4.69) is 5.16 Å². The lowest BCUT2D eigenvalue weighted by Gasteiger charge is -2.16. The van der Waals surface area contributed by atoms with Gasteiger partial charge in [0, 0.05) is 18.7 Å². The molecule has 6 heteroatoms. The van der Waals surface area contributed by atoms with Gasteiger partial charge in [0.05, 0.1) is 18.7 Å². The molecule has 0 radical (unpaired) electrons. The number of hydrogen-bond acceptors (Lipinski definition) is 5. The van der Waals surface area contributed by atoms with Crippen LogP contribution in [0.5, 0.6) is 5.75 Å². The molecule has 1 aliphatic rings. The fourth-order valence-electron chi connectivity index (χ4n) is 2.03. The van der Waals surface area contributed by atoms with Crippen LogP contribution >= 0.6 is 0 Å². The first-order valence-corrected chi connectivity index (χ1v) is 5.91. The Hall–Kier alpha value is -2.50. The van der Waals surface area contributed by atoms with Gasteiger partial charge in [-0.25, -0.2) is 0 Å². The van der Waals surface area contributed by atoms with Crippen molar-refractivity contribution in [2.45, 2.75) is 6.42 Å². The van der Waals surface area contributed by atoms with Gasteiger partial charge < -0.3 is 19.9 Å². The Balaban J connectivity index is 2.07. The van der Waals surface area contributed by atoms with Crippen LogP contribution in [0.4, 0.5) is 11.5 Å². The molecule has 0 spiro atoms. The van der Waals surface area contributed by atoms with E-state index in [0.717, 1.165) is 11.3 Å². The van der Waals surface area contributed by atoms with Gasteiger partial charge in [-0.2, -0.15) is 0 Å². The summed E-state index contributed by atoms with van der Waals surface area (Å²) in [5.41, 5.74) is 7.05. The second-order valence-electron chi connectivity index (χ2n) is 4.35. The van der Waals surface area contributed by atoms with Crippen molar-refractivity contribution in [1.82, 2.24) is 5.16 Å². The predicted molar refractivity (Wildman–Crippen MR) is 69.9 cm³/mol. The molecule has 1 aromatic heterocycles. The molecule has 3 rings (SSSR count). The minimum Gasteiger partial charge on any atom is -0.491 e. The number of nitrogen functional groups attached to an aromatic ring is 1. The van der Waals surface area contributed by atoms with Crippen molar-refractivity contribution in [2.24, 2.45) is 0 Å². The van der Waals surface area contributed by atoms with E-state index in [4.69, 9.17) is 15.0 Å². The third-order valence-corrected chi connectivity index (χ3v) is 3.08. The lowest BCUT2D eigenvalue weighted by atomic mass is 10.1. The molecule has 1 aromatic carbocycles. The fourth-order valence-corrected chi connectivity index (χ4v) is 2.03. The molecule has 0 atom stereocenters. The van der Waals surface area contributed by atoms with Crippen molar-refractivity contribution in [3.05, 3.63) is 24.3 Å². The zero-order chi connectivity index (χ0) is 13.4. The third kappa shape index (κ3) is 2.01. The van der Waals surface area contributed by atoms with Crippen LogP contribution in [0.25, 0.3) is 11.3 Å². The molecule has 0 saturated heterocycles. The van der Waals surface area contributed by atoms with E-state index in [1.54, 1.807) is 18.0 Å². The molecule has 19 heavy (non-hydrogen) atoms. The summed E-state index contributed by atoms with van der Waals surface area (Å²) < 4.78 is 10.7. The highest BCUT2D eigenvalue weighted by atomic mass is 16.5. The van der Waals surface area contributed by atoms with Crippen molar-refractivity contribution >= 4 is 17.4 Å². The quantitative estimate of drug-likeness (QED) is 0.842. The van der Waals surface area contributed by atoms with E-state index in [1.165, 1.54) is 0 Å². The fraction of sp³-hybridized carbons (Fsp3) is 0.231. The van der Waals surface area contributed by atoms with E-state index in [9.17, 15) is 4.79 Å². The van der Waals surface area contributed by atoms with Crippen molar-refractivity contribution in [1.29, 1.82) is 0 Å². The maximum absolute atomic E-state index is 11.8. The van der Waals surface area contributed by atoms with Gasteiger partial charge in [-0.1, -0.05) is 5.16 Å². The number of carbonyl (C=O) groups excluding carboxylic acids is 1. The zero-order valence-electron chi connectivity index (χ0n) is 10.4. The standard InChI is InChI=1S/C13H13N3O3/c1-16-9-6-8(11-7-12(14)15-19-11)2-3-10(9)18-5-4-13(16)17/h2-3,6-7H,4-5H2,1H3,(H2,14,15). The number of hydrogen-bond donors (Lipinski definition) is 1. The maximum Gasteiger partial charge on any atom is 0.230 e. The summed E-state index contributed by atoms with van der Waals surface area (Å²) in [6.45, 7) is 0.394. The van der Waals surface area contributed by atoms with Crippen LogP contribution in [0.15, 0.2) is 28.8 Å². The van der Waals surface area contributed by atoms with Crippen LogP contribution in [0, 0.1) is 0 Å². The van der Waals surface area contributed by atoms with Gasteiger partial charge in [0.1, 0.15) is 5.75 Å². The lowest BCUT2D eigenvalue weighted by Crippen LogP contribution is -2.25. The molecule has 1 aliphatic heterocycles. The number of aromatic nitrogens is 1. The summed E-state index contributed by atoms with van der Waals surface area (Å²) >= 11 is 0. The molecule has 2 aromatic rings. The molecule has 0 bridgehead atoms. The van der Waals surface area contributed by atoms with Gasteiger partial charge >= 0.3 is 0 Å². The first kappa shape index (κ1) is 11.6. The van der Waals surface area contributed by atoms with Crippen LogP contribution in [0.1, 0.15) is 6.42 Å². The van der Waals surface area contributed by atoms with Crippen molar-refractivity contribution < 1.29 is 14.1 Å². The first-order valence-electron chi connectivity index (χ1n) is 5.91. The molecule has 6 nitrogen and oxygen atoms in total. The Labute approximate surface area is 109 Å². The number of rotatable bonds is 1. The SMILES string of the molecule is CN1C(=O)CCOc2ccc(-c3cc(N)no3)cc21. The second kappa shape index (κ2) is 4.31. The van der Waals surface area contributed by atoms with E-state index < -0.39 is 0 Å². The van der Waals surface area contributed by atoms with Crippen molar-refractivity contribution in [3.8, 4) is 17.1 Å². The molecule has 0 aliphatic carbocycles. The van der Waals surface area contributed by atoms with Gasteiger partial charge in [-0.15, -0.1) is 0 Å². The number of nitrogens with two attached hydrogens (primary N) is 1. The zero-order valence-corrected chi connectivity index (χ0v) is 10.4. The Kier molecular flexibility index (Phi) is 2.63. The van der Waals surface area contributed by atoms with Crippen LogP contribution < -0.4 is 15.4 Å². The van der Waals surface area contributed by atoms with E-state index in [1.807, 2.05) is 18.2 Å². The summed E-state index contributed by atoms with van der Waals surface area (Å²) in [4.78, 5) is 13.4. The van der Waals surface area contributed by atoms with Gasteiger partial charge in [0.25, 0.3) is 0 Å². The van der Waals surface area contributed by atoms with Crippen LogP contribution in [0.2, 0.25) is 0 Å². The maximum atomic E-state index is 11.8. The average molecular weight is 259 g/mol. The highest BCUT2D eigenvalue weighted by molar-refractivity contribution is 5.95. The lowest BCUT2D eigenvalue weighted by molar-refractivity contribution is -0.118. The van der Waals surface area contributed by atoms with Crippen molar-refractivity contribution in [3.63, 3.8) is 0 Å². The minimum absolute atomic E-state index is 0.0213. The van der Waals surface area contributed by atoms with Crippen molar-refractivity contribution in [2.75, 3.05) is 24.3 Å². The average Bonchev–Trinajstić information content (AvgIpc) is 2.79. The monoisotopic (exact) mass is 259 g/mol. The Morgan fingerprint density at radius 1 is 1.37 bits per heavy atom. The number of anilines is 2. The Morgan fingerprint density at radius 3 is 2.95 bits per heavy atom. The molecule has 2 N–H and O–H groups in total. The van der Waals surface area contributed by atoms with Gasteiger partial charge in [-0.3, -0.25) is 4.79 Å². The van der Waals surface area contributed by atoms with Crippen LogP contribution in [0.3, 0.4) is 0 Å². The third-order valence-electron chi connectivity index (χ3n) is 3.08. The van der Waals surface area contributed by atoms with E-state index in [-0.39, 0.29) is 5.91 Å². The van der Waals surface area contributed by atoms with E-state index >= 15 is 0 Å². The normalized spacial score (nSPS) is 14.8. The molecule has 2 heterocycles. The summed E-state index contributed by atoms with van der Waals surface area (Å²) in [5, 5.41) is 3.65. The molecule has 0 saturated carbocycles. The number of benzene rings is 1. The highest BCUT2D eigenvalue weighted by Crippen LogP contribution is 2.35. The highest BCUT2D eigenvalue weighted by Gasteiger charge is 2.21. The predicted octanol–water partition coefficient (Wildman–Crippen LogP) is 1.67. The van der Waals surface area contributed by atoms with Crippen LogP contribution in [-0.2, 0) is 4.79 Å². The molecule has 1 amide bonds. The number of amides is 1. The molecule has 98 valence electrons. The topological polar surface area (TPSA) is 81.6 Å². The Morgan fingerprint density at radius 2 is 2.21 bits per heavy atom. The molecule has 0 fully saturated rings. The molecular weight excluding hydrogens is 246 g/mol. The number of nitrogens with zero attached hydrogens (tertiary/aromatic N) is 2. The minimum atomic E-state index is 0.0213. The Bertz CT molecular complexity index is 636. The number of ether oxygens (including phenoxy) is 1. The van der Waals surface area contributed by atoms with E-state index in [0.29, 0.717) is 30.4 Å². The smallest absolute Gasteiger partial charge is 0.230 e. The summed E-state index contributed by atoms with van der Waals surface area (Å²) in [6, 6.07) is 7.14. The van der Waals surface area contributed by atoms with Gasteiger partial charge in [-0.05, 0) is 18.2 Å². The summed E-state index contributed by atoms with van der Waals surface area (Å²) in [6.07, 6.45) is 0.371. The van der Waals surface area contributed by atoms with Gasteiger partial charge in [0.15, 0.2) is 11.6 Å². The number of fused-ring (bicyclic) bond motifs is 1. The largest absolute Gasteiger partial charge is 0.491 e. The summed E-state index contributed by atoms with van der Waals surface area (Å²) in [7, 11) is 1.73. The van der Waals surface area contributed by atoms with Gasteiger partial charge in [0.2, 0.25) is 5.91 Å². The second-order valence-corrected chi connectivity index (χ2v) is 4.35. The summed E-state index contributed by atoms with van der Waals surface area (Å²) in [5.74, 6) is 1.59. The first-order chi connectivity index (χ1) is 9.15. The number of carbonyl (C=O) groups is 1. The molecule has 0 unspecified atom stereocenters. The molecular formula is C13H13N3O3. The van der Waals surface area contributed by atoms with Crippen LogP contribution in [-0.4, -0.2) is 24.7 Å².